The summed E-state index contributed by atoms with van der Waals surface area (Å²) >= 11 is 0. The molecule has 1 aliphatic heterocycles. The minimum absolute atomic E-state index is 0. The van der Waals surface area contributed by atoms with Crippen LogP contribution in [0.5, 0.6) is 0 Å². The van der Waals surface area contributed by atoms with Crippen LogP contribution >= 0.6 is 0 Å². The second-order valence-electron chi connectivity index (χ2n) is 5.61. The molecule has 0 spiro atoms. The van der Waals surface area contributed by atoms with Crippen molar-refractivity contribution in [2.45, 2.75) is 24.9 Å². The zero-order valence-electron chi connectivity index (χ0n) is 12.5. The van der Waals surface area contributed by atoms with Crippen LogP contribution in [-0.2, 0) is 16.9 Å². The summed E-state index contributed by atoms with van der Waals surface area (Å²) in [6.07, 6.45) is 1.46. The molecule has 3 rings (SSSR count). The van der Waals surface area contributed by atoms with E-state index < -0.39 is 0 Å². The van der Waals surface area contributed by atoms with E-state index in [9.17, 15) is 4.79 Å². The molecule has 3 nitrogen and oxygen atoms in total. The van der Waals surface area contributed by atoms with Gasteiger partial charge in [0.25, 0.3) is 0 Å². The minimum Gasteiger partial charge on any atom is -1.00 e. The number of carbonyl (C=O) groups excluding carboxylic acids is 1. The van der Waals surface area contributed by atoms with Gasteiger partial charge in [-0.25, -0.2) is 0 Å². The van der Waals surface area contributed by atoms with Gasteiger partial charge in [0.05, 0.1) is 0 Å². The van der Waals surface area contributed by atoms with Crippen LogP contribution in [0.1, 0.15) is 24.0 Å². The summed E-state index contributed by atoms with van der Waals surface area (Å²) < 4.78 is 0. The second-order valence-corrected chi connectivity index (χ2v) is 5.61. The van der Waals surface area contributed by atoms with E-state index in [4.69, 9.17) is 0 Å². The van der Waals surface area contributed by atoms with Crippen molar-refractivity contribution in [1.82, 2.24) is 4.90 Å². The highest BCUT2D eigenvalue weighted by Crippen LogP contribution is 2.39. The van der Waals surface area contributed by atoms with Gasteiger partial charge in [-0.05, 0) is 17.5 Å². The van der Waals surface area contributed by atoms with Gasteiger partial charge in [0.2, 0.25) is 5.91 Å². The molecular formula is C18H21ClN2O. The van der Waals surface area contributed by atoms with E-state index in [-0.39, 0.29) is 23.9 Å². The van der Waals surface area contributed by atoms with Gasteiger partial charge in [-0.1, -0.05) is 60.7 Å². The number of hydrogen-bond acceptors (Lipinski definition) is 1. The van der Waals surface area contributed by atoms with Gasteiger partial charge in [0.15, 0.2) is 0 Å². The lowest BCUT2D eigenvalue weighted by molar-refractivity contribution is -0.391. The van der Waals surface area contributed by atoms with Gasteiger partial charge in [-0.3, -0.25) is 4.79 Å². The number of quaternary nitrogens is 1. The first kappa shape index (κ1) is 16.5. The molecule has 1 atom stereocenters. The average Bonchev–Trinajstić information content (AvgIpc) is 2.87. The number of carbonyl (C=O) groups is 1. The molecule has 0 saturated carbocycles. The number of amides is 1. The van der Waals surface area contributed by atoms with Crippen LogP contribution in [0.15, 0.2) is 60.7 Å². The standard InChI is InChI=1S/C18H20N2O.ClH/c19-14-18(16-9-5-2-6-10-16)12-11-17(21)20(18)13-15-7-3-1-4-8-15;/h1-10H,11-14,19H2;1H/t18-;/m1./s1. The van der Waals surface area contributed by atoms with Crippen molar-refractivity contribution in [3.8, 4) is 0 Å². The highest BCUT2D eigenvalue weighted by Gasteiger charge is 2.47. The van der Waals surface area contributed by atoms with Crippen LogP contribution in [0.4, 0.5) is 0 Å². The number of hydrogen-bond donors (Lipinski definition) is 1. The van der Waals surface area contributed by atoms with Gasteiger partial charge < -0.3 is 23.0 Å². The summed E-state index contributed by atoms with van der Waals surface area (Å²) in [6.45, 7) is 1.36. The SMILES string of the molecule is [Cl-].[NH3+]C[C@@]1(c2ccccc2)CCC(=O)N1Cc1ccccc1. The summed E-state index contributed by atoms with van der Waals surface area (Å²) in [4.78, 5) is 14.4. The molecule has 1 amide bonds. The van der Waals surface area contributed by atoms with Gasteiger partial charge in [0, 0.05) is 13.0 Å². The van der Waals surface area contributed by atoms with E-state index >= 15 is 0 Å². The van der Waals surface area contributed by atoms with Gasteiger partial charge in [-0.15, -0.1) is 0 Å². The summed E-state index contributed by atoms with van der Waals surface area (Å²) in [5, 5.41) is 0. The van der Waals surface area contributed by atoms with E-state index in [0.29, 0.717) is 19.5 Å². The molecule has 0 bridgehead atoms. The topological polar surface area (TPSA) is 48.0 Å². The lowest BCUT2D eigenvalue weighted by Crippen LogP contribution is -3.00. The largest absolute Gasteiger partial charge is 1.00 e. The fourth-order valence-electron chi connectivity index (χ4n) is 3.28. The molecule has 3 N–H and O–H groups in total. The summed E-state index contributed by atoms with van der Waals surface area (Å²) in [5.74, 6) is 0.228. The van der Waals surface area contributed by atoms with E-state index in [2.05, 4.69) is 30.0 Å². The Labute approximate surface area is 137 Å². The fourth-order valence-corrected chi connectivity index (χ4v) is 3.28. The third-order valence-electron chi connectivity index (χ3n) is 4.48. The van der Waals surface area contributed by atoms with Crippen LogP contribution in [0.25, 0.3) is 0 Å². The van der Waals surface area contributed by atoms with Crippen molar-refractivity contribution >= 4 is 5.91 Å². The second kappa shape index (κ2) is 6.95. The number of halogens is 1. The van der Waals surface area contributed by atoms with Crippen molar-refractivity contribution in [2.75, 3.05) is 6.54 Å². The molecule has 0 aromatic heterocycles. The van der Waals surface area contributed by atoms with Crippen LogP contribution in [-0.4, -0.2) is 17.4 Å². The molecule has 1 heterocycles. The molecular weight excluding hydrogens is 296 g/mol. The maximum Gasteiger partial charge on any atom is 0.223 e. The molecule has 0 radical (unpaired) electrons. The fraction of sp³-hybridized carbons (Fsp3) is 0.278. The minimum atomic E-state index is -0.256. The number of rotatable bonds is 4. The first-order chi connectivity index (χ1) is 10.3. The Hall–Kier alpha value is -1.84. The van der Waals surface area contributed by atoms with E-state index in [1.165, 1.54) is 11.1 Å². The average molecular weight is 317 g/mol. The number of nitrogens with zero attached hydrogens (tertiary/aromatic N) is 1. The Bertz CT molecular complexity index is 617. The van der Waals surface area contributed by atoms with Crippen molar-refractivity contribution < 1.29 is 22.9 Å². The third-order valence-corrected chi connectivity index (χ3v) is 4.48. The maximum absolute atomic E-state index is 12.4. The van der Waals surface area contributed by atoms with Crippen LogP contribution in [0, 0.1) is 0 Å². The monoisotopic (exact) mass is 316 g/mol. The zero-order valence-corrected chi connectivity index (χ0v) is 13.3. The smallest absolute Gasteiger partial charge is 0.223 e. The Morgan fingerprint density at radius 1 is 1.00 bits per heavy atom. The lowest BCUT2D eigenvalue weighted by Gasteiger charge is -2.36. The molecule has 22 heavy (non-hydrogen) atoms. The molecule has 1 aliphatic rings. The predicted molar refractivity (Wildman–Crippen MR) is 82.1 cm³/mol. The molecule has 2 aromatic rings. The number of benzene rings is 2. The van der Waals surface area contributed by atoms with Crippen molar-refractivity contribution in [1.29, 1.82) is 0 Å². The highest BCUT2D eigenvalue weighted by atomic mass is 35.5. The summed E-state index contributed by atoms with van der Waals surface area (Å²) in [6, 6.07) is 20.5. The van der Waals surface area contributed by atoms with E-state index in [1.54, 1.807) is 0 Å². The molecule has 4 heteroatoms. The number of likely N-dealkylation sites (tertiary alicyclic amines) is 1. The zero-order chi connectivity index (χ0) is 14.7. The Balaban J connectivity index is 0.00000176. The Kier molecular flexibility index (Phi) is 5.22. The Morgan fingerprint density at radius 3 is 2.18 bits per heavy atom. The van der Waals surface area contributed by atoms with Crippen LogP contribution in [0.2, 0.25) is 0 Å². The van der Waals surface area contributed by atoms with Crippen LogP contribution < -0.4 is 18.1 Å². The van der Waals surface area contributed by atoms with Gasteiger partial charge in [-0.2, -0.15) is 0 Å². The van der Waals surface area contributed by atoms with Crippen molar-refractivity contribution in [3.05, 3.63) is 71.8 Å². The first-order valence-corrected chi connectivity index (χ1v) is 7.45. The van der Waals surface area contributed by atoms with E-state index in [1.807, 2.05) is 41.3 Å². The molecule has 2 aromatic carbocycles. The molecule has 1 fully saturated rings. The molecule has 116 valence electrons. The third kappa shape index (κ3) is 2.87. The van der Waals surface area contributed by atoms with Crippen molar-refractivity contribution in [2.24, 2.45) is 0 Å². The van der Waals surface area contributed by atoms with Gasteiger partial charge in [0.1, 0.15) is 12.1 Å². The highest BCUT2D eigenvalue weighted by molar-refractivity contribution is 5.80. The first-order valence-electron chi connectivity index (χ1n) is 7.45. The predicted octanol–water partition coefficient (Wildman–Crippen LogP) is -1.05. The lowest BCUT2D eigenvalue weighted by atomic mass is 9.87. The van der Waals surface area contributed by atoms with E-state index in [0.717, 1.165) is 6.42 Å². The molecule has 0 unspecified atom stereocenters. The van der Waals surface area contributed by atoms with Gasteiger partial charge >= 0.3 is 0 Å². The molecule has 1 saturated heterocycles. The maximum atomic E-state index is 12.4. The molecule has 0 aliphatic carbocycles. The van der Waals surface area contributed by atoms with Crippen molar-refractivity contribution in [3.63, 3.8) is 0 Å². The summed E-state index contributed by atoms with van der Waals surface area (Å²) in [5.41, 5.74) is 6.26. The Morgan fingerprint density at radius 2 is 1.59 bits per heavy atom. The normalized spacial score (nSPS) is 20.8. The van der Waals surface area contributed by atoms with Crippen LogP contribution in [0.3, 0.4) is 0 Å². The quantitative estimate of drug-likeness (QED) is 0.769. The summed E-state index contributed by atoms with van der Waals surface area (Å²) in [7, 11) is 0.